The molecular formula is C24H20FN3O3S3. The van der Waals surface area contributed by atoms with E-state index in [4.69, 9.17) is 21.9 Å². The number of halogens is 1. The largest absolute Gasteiger partial charge is 0.376 e. The smallest absolute Gasteiger partial charge is 0.278 e. The molecule has 0 radical (unpaired) electrons. The van der Waals surface area contributed by atoms with Crippen LogP contribution >= 0.6 is 35.3 Å². The van der Waals surface area contributed by atoms with Gasteiger partial charge in [0.25, 0.3) is 5.56 Å². The van der Waals surface area contributed by atoms with Gasteiger partial charge in [0.15, 0.2) is 20.5 Å². The number of Topliss-reactive ketones (excluding diaryl/α,β-unsaturated/α-hetero) is 1. The number of rotatable bonds is 7. The van der Waals surface area contributed by atoms with Crippen LogP contribution in [-0.4, -0.2) is 38.4 Å². The van der Waals surface area contributed by atoms with Crippen LogP contribution < -0.4 is 5.56 Å². The lowest BCUT2D eigenvalue weighted by Crippen LogP contribution is -2.23. The molecule has 2 aromatic heterocycles. The summed E-state index contributed by atoms with van der Waals surface area (Å²) in [6.45, 7) is 1.24. The highest BCUT2D eigenvalue weighted by molar-refractivity contribution is 7.99. The third-order valence-corrected chi connectivity index (χ3v) is 7.95. The molecule has 2 aromatic carbocycles. The van der Waals surface area contributed by atoms with Crippen LogP contribution in [0.5, 0.6) is 0 Å². The van der Waals surface area contributed by atoms with Crippen LogP contribution in [0.25, 0.3) is 16.0 Å². The molecule has 10 heteroatoms. The standard InChI is InChI=1S/C24H20FN3O3S3/c25-16-8-10-17(11-9-16)28-22(30)20-21(27(24(32)34-20)13-18-7-4-12-31-18)26-23(28)33-14-19(29)15-5-2-1-3-6-15/h1-3,5-6,8-11,18H,4,7,12-14H2/t18-/m0/s1. The molecule has 4 aromatic rings. The third-order valence-electron chi connectivity index (χ3n) is 5.58. The summed E-state index contributed by atoms with van der Waals surface area (Å²) in [4.78, 5) is 31.1. The first-order valence-electron chi connectivity index (χ1n) is 10.8. The number of thioether (sulfide) groups is 1. The van der Waals surface area contributed by atoms with E-state index in [0.717, 1.165) is 12.8 Å². The first-order chi connectivity index (χ1) is 16.5. The minimum Gasteiger partial charge on any atom is -0.376 e. The molecule has 0 N–H and O–H groups in total. The summed E-state index contributed by atoms with van der Waals surface area (Å²) in [6.07, 6.45) is 1.95. The first-order valence-corrected chi connectivity index (χ1v) is 13.0. The van der Waals surface area contributed by atoms with Crippen LogP contribution in [-0.2, 0) is 11.3 Å². The van der Waals surface area contributed by atoms with Gasteiger partial charge < -0.3 is 9.30 Å². The van der Waals surface area contributed by atoms with Gasteiger partial charge in [0, 0.05) is 12.2 Å². The quantitative estimate of drug-likeness (QED) is 0.145. The molecular weight excluding hydrogens is 493 g/mol. The summed E-state index contributed by atoms with van der Waals surface area (Å²) in [5, 5.41) is 0.349. The van der Waals surface area contributed by atoms with Crippen LogP contribution in [0.15, 0.2) is 64.5 Å². The van der Waals surface area contributed by atoms with Crippen molar-refractivity contribution in [2.75, 3.05) is 12.4 Å². The Morgan fingerprint density at radius 3 is 2.68 bits per heavy atom. The van der Waals surface area contributed by atoms with Crippen LogP contribution in [0.1, 0.15) is 23.2 Å². The number of ether oxygens (including phenoxy) is 1. The average Bonchev–Trinajstić information content (AvgIpc) is 3.48. The van der Waals surface area contributed by atoms with Gasteiger partial charge in [-0.2, -0.15) is 0 Å². The predicted octanol–water partition coefficient (Wildman–Crippen LogP) is 5.27. The summed E-state index contributed by atoms with van der Waals surface area (Å²) >= 11 is 7.95. The van der Waals surface area contributed by atoms with Gasteiger partial charge in [-0.05, 0) is 49.3 Å². The second-order valence-corrected chi connectivity index (χ2v) is 10.4. The molecule has 0 spiro atoms. The van der Waals surface area contributed by atoms with Gasteiger partial charge in [0.05, 0.1) is 24.1 Å². The number of nitrogens with zero attached hydrogens (tertiary/aromatic N) is 3. The maximum absolute atomic E-state index is 13.6. The Hall–Kier alpha value is -2.66. The van der Waals surface area contributed by atoms with Crippen molar-refractivity contribution in [1.29, 1.82) is 0 Å². The van der Waals surface area contributed by atoms with Crippen molar-refractivity contribution >= 4 is 51.4 Å². The van der Waals surface area contributed by atoms with Crippen molar-refractivity contribution in [1.82, 2.24) is 14.1 Å². The lowest BCUT2D eigenvalue weighted by Gasteiger charge is -2.14. The topological polar surface area (TPSA) is 66.1 Å². The van der Waals surface area contributed by atoms with E-state index in [1.807, 2.05) is 10.6 Å². The molecule has 0 aliphatic carbocycles. The Balaban J connectivity index is 1.60. The van der Waals surface area contributed by atoms with Crippen LogP contribution in [0.3, 0.4) is 0 Å². The van der Waals surface area contributed by atoms with Crippen molar-refractivity contribution in [3.63, 3.8) is 0 Å². The van der Waals surface area contributed by atoms with Crippen molar-refractivity contribution in [3.05, 3.63) is 80.3 Å². The Kier molecular flexibility index (Phi) is 6.73. The van der Waals surface area contributed by atoms with Gasteiger partial charge in [-0.3, -0.25) is 14.2 Å². The second kappa shape index (κ2) is 9.91. The fraction of sp³-hybridized carbons (Fsp3) is 0.250. The fourth-order valence-electron chi connectivity index (χ4n) is 3.88. The summed E-state index contributed by atoms with van der Waals surface area (Å²) < 4.78 is 23.6. The monoisotopic (exact) mass is 513 g/mol. The number of thiazole rings is 1. The van der Waals surface area contributed by atoms with E-state index in [0.29, 0.717) is 43.9 Å². The van der Waals surface area contributed by atoms with Gasteiger partial charge in [-0.15, -0.1) is 0 Å². The van der Waals surface area contributed by atoms with Gasteiger partial charge >= 0.3 is 0 Å². The lowest BCUT2D eigenvalue weighted by molar-refractivity contribution is 0.0977. The van der Waals surface area contributed by atoms with Crippen molar-refractivity contribution in [2.24, 2.45) is 0 Å². The molecule has 1 atom stereocenters. The van der Waals surface area contributed by atoms with Crippen LogP contribution in [0, 0.1) is 9.77 Å². The Bertz CT molecular complexity index is 1460. The number of hydrogen-bond donors (Lipinski definition) is 0. The zero-order chi connectivity index (χ0) is 23.7. The molecule has 3 heterocycles. The number of carbonyl (C=O) groups excluding carboxylic acids is 1. The van der Waals surface area contributed by atoms with Gasteiger partial charge in [0.2, 0.25) is 0 Å². The van der Waals surface area contributed by atoms with E-state index >= 15 is 0 Å². The van der Waals surface area contributed by atoms with Gasteiger partial charge in [-0.25, -0.2) is 9.37 Å². The highest BCUT2D eigenvalue weighted by atomic mass is 32.2. The highest BCUT2D eigenvalue weighted by Gasteiger charge is 2.22. The predicted molar refractivity (Wildman–Crippen MR) is 134 cm³/mol. The molecule has 5 rings (SSSR count). The Morgan fingerprint density at radius 1 is 1.21 bits per heavy atom. The number of fused-ring (bicyclic) bond motifs is 1. The molecule has 0 unspecified atom stereocenters. The zero-order valence-electron chi connectivity index (χ0n) is 18.0. The van der Waals surface area contributed by atoms with Crippen molar-refractivity contribution in [2.45, 2.75) is 30.6 Å². The molecule has 174 valence electrons. The molecule has 1 saturated heterocycles. The number of carbonyl (C=O) groups is 1. The lowest BCUT2D eigenvalue weighted by atomic mass is 10.2. The number of aromatic nitrogens is 3. The Labute approximate surface area is 208 Å². The van der Waals surface area contributed by atoms with Crippen molar-refractivity contribution < 1.29 is 13.9 Å². The van der Waals surface area contributed by atoms with E-state index < -0.39 is 5.82 Å². The van der Waals surface area contributed by atoms with Gasteiger partial charge in [-0.1, -0.05) is 53.4 Å². The molecule has 34 heavy (non-hydrogen) atoms. The minimum atomic E-state index is -0.405. The maximum atomic E-state index is 13.6. The molecule has 6 nitrogen and oxygen atoms in total. The molecule has 1 aliphatic heterocycles. The minimum absolute atomic E-state index is 0.0293. The van der Waals surface area contributed by atoms with Crippen molar-refractivity contribution in [3.8, 4) is 5.69 Å². The van der Waals surface area contributed by atoms with Crippen LogP contribution in [0.2, 0.25) is 0 Å². The van der Waals surface area contributed by atoms with E-state index in [9.17, 15) is 14.0 Å². The SMILES string of the molecule is O=C(CSc1nc2c(sc(=S)n2C[C@@H]2CCCO2)c(=O)n1-c1ccc(F)cc1)c1ccccc1. The van der Waals surface area contributed by atoms with E-state index in [1.54, 1.807) is 24.3 Å². The molecule has 1 fully saturated rings. The fourth-order valence-corrected chi connectivity index (χ4v) is 6.06. The number of hydrogen-bond acceptors (Lipinski definition) is 7. The normalized spacial score (nSPS) is 15.7. The van der Waals surface area contributed by atoms with Gasteiger partial charge in [0.1, 0.15) is 10.5 Å². The van der Waals surface area contributed by atoms with Crippen LogP contribution in [0.4, 0.5) is 4.39 Å². The molecule has 1 aliphatic rings. The van der Waals surface area contributed by atoms with E-state index in [2.05, 4.69) is 0 Å². The summed E-state index contributed by atoms with van der Waals surface area (Å²) in [6, 6.07) is 14.6. The van der Waals surface area contributed by atoms with E-state index in [-0.39, 0.29) is 23.2 Å². The summed E-state index contributed by atoms with van der Waals surface area (Å²) in [5.41, 5.74) is 1.25. The zero-order valence-corrected chi connectivity index (χ0v) is 20.4. The average molecular weight is 514 g/mol. The second-order valence-electron chi connectivity index (χ2n) is 7.86. The first kappa shape index (κ1) is 23.1. The van der Waals surface area contributed by atoms with E-state index in [1.165, 1.54) is 51.9 Å². The maximum Gasteiger partial charge on any atom is 0.278 e. The Morgan fingerprint density at radius 2 is 1.97 bits per heavy atom. The molecule has 0 saturated carbocycles. The molecule has 0 bridgehead atoms. The third kappa shape index (κ3) is 4.63. The highest BCUT2D eigenvalue weighted by Crippen LogP contribution is 2.27. The molecule has 0 amide bonds. The number of ketones is 1. The summed E-state index contributed by atoms with van der Waals surface area (Å²) in [5.74, 6) is -0.385. The summed E-state index contributed by atoms with van der Waals surface area (Å²) in [7, 11) is 0. The number of benzene rings is 2.